The van der Waals surface area contributed by atoms with Crippen molar-refractivity contribution in [1.29, 1.82) is 0 Å². The molecule has 2 rings (SSSR count). The van der Waals surface area contributed by atoms with Crippen LogP contribution in [0.5, 0.6) is 0 Å². The number of hydrogen-bond donors (Lipinski definition) is 1. The summed E-state index contributed by atoms with van der Waals surface area (Å²) in [6.07, 6.45) is 13.8. The van der Waals surface area contributed by atoms with E-state index >= 15 is 0 Å². The molecule has 0 radical (unpaired) electrons. The third-order valence-electron chi connectivity index (χ3n) is 5.92. The Morgan fingerprint density at radius 3 is 1.76 bits per heavy atom. The molecule has 0 aromatic rings. The van der Waals surface area contributed by atoms with Crippen LogP contribution in [-0.4, -0.2) is 34.6 Å². The molecule has 2 saturated carbocycles. The van der Waals surface area contributed by atoms with Gasteiger partial charge in [0.15, 0.2) is 0 Å². The molecule has 2 fully saturated rings. The molecule has 0 aromatic carbocycles. The lowest BCUT2D eigenvalue weighted by Gasteiger charge is -2.45. The first-order chi connectivity index (χ1) is 10.1. The molecule has 0 bridgehead atoms. The molecule has 1 atom stereocenters. The van der Waals surface area contributed by atoms with Gasteiger partial charge >= 0.3 is 5.97 Å². The van der Waals surface area contributed by atoms with Gasteiger partial charge in [-0.25, -0.2) is 0 Å². The van der Waals surface area contributed by atoms with Crippen molar-refractivity contribution in [2.45, 2.75) is 96.6 Å². The fourth-order valence-electron chi connectivity index (χ4n) is 4.12. The fraction of sp³-hybridized carbons (Fsp3) is 0.944. The summed E-state index contributed by atoms with van der Waals surface area (Å²) in [5, 5.41) is 9.65. The molecule has 0 heterocycles. The summed E-state index contributed by atoms with van der Waals surface area (Å²) in [6.45, 7) is 4.70. The van der Waals surface area contributed by atoms with Crippen LogP contribution in [0.3, 0.4) is 0 Å². The van der Waals surface area contributed by atoms with Crippen molar-refractivity contribution in [1.82, 2.24) is 4.90 Å². The number of hydrogen-bond acceptors (Lipinski definition) is 2. The highest BCUT2D eigenvalue weighted by molar-refractivity contribution is 5.74. The number of carbonyl (C=O) groups is 1. The molecule has 3 nitrogen and oxygen atoms in total. The minimum absolute atomic E-state index is 0.588. The zero-order valence-electron chi connectivity index (χ0n) is 13.9. The molecule has 21 heavy (non-hydrogen) atoms. The number of aliphatic carboxylic acids is 1. The molecule has 0 amide bonds. The predicted octanol–water partition coefficient (Wildman–Crippen LogP) is 4.45. The van der Waals surface area contributed by atoms with Crippen LogP contribution in [-0.2, 0) is 4.79 Å². The number of nitrogens with zero attached hydrogens (tertiary/aromatic N) is 1. The van der Waals surface area contributed by atoms with Gasteiger partial charge in [-0.15, -0.1) is 0 Å². The summed E-state index contributed by atoms with van der Waals surface area (Å²) in [7, 11) is 0. The van der Waals surface area contributed by atoms with Gasteiger partial charge in [0.05, 0.1) is 5.41 Å². The van der Waals surface area contributed by atoms with Gasteiger partial charge in [0.25, 0.3) is 0 Å². The van der Waals surface area contributed by atoms with E-state index in [1.807, 2.05) is 13.8 Å². The normalized spacial score (nSPS) is 24.9. The highest BCUT2D eigenvalue weighted by Crippen LogP contribution is 2.34. The molecule has 1 unspecified atom stereocenters. The Morgan fingerprint density at radius 1 is 1.00 bits per heavy atom. The molecular formula is C18H33NO2. The maximum atomic E-state index is 11.7. The Balaban J connectivity index is 2.11. The number of carboxylic acid groups (broad SMARTS) is 1. The minimum Gasteiger partial charge on any atom is -0.481 e. The van der Waals surface area contributed by atoms with E-state index < -0.39 is 11.4 Å². The molecular weight excluding hydrogens is 262 g/mol. The van der Waals surface area contributed by atoms with E-state index in [-0.39, 0.29) is 0 Å². The van der Waals surface area contributed by atoms with E-state index in [0.29, 0.717) is 12.1 Å². The second kappa shape index (κ2) is 7.62. The Morgan fingerprint density at radius 2 is 1.43 bits per heavy atom. The van der Waals surface area contributed by atoms with Crippen molar-refractivity contribution >= 4 is 5.97 Å². The van der Waals surface area contributed by atoms with Crippen LogP contribution in [0.25, 0.3) is 0 Å². The van der Waals surface area contributed by atoms with Gasteiger partial charge in [-0.1, -0.05) is 45.4 Å². The van der Waals surface area contributed by atoms with Crippen molar-refractivity contribution in [2.75, 3.05) is 6.54 Å². The standard InChI is InChI=1S/C18H33NO2/c1-3-18(2,17(20)21)14-19(15-10-6-4-7-11-15)16-12-8-5-9-13-16/h15-16H,3-14H2,1-2H3,(H,20,21). The summed E-state index contributed by atoms with van der Waals surface area (Å²) < 4.78 is 0. The molecule has 1 N–H and O–H groups in total. The van der Waals surface area contributed by atoms with Crippen LogP contribution in [0, 0.1) is 5.41 Å². The van der Waals surface area contributed by atoms with E-state index in [0.717, 1.165) is 13.0 Å². The van der Waals surface area contributed by atoms with Crippen molar-refractivity contribution in [3.8, 4) is 0 Å². The van der Waals surface area contributed by atoms with E-state index in [1.165, 1.54) is 64.2 Å². The first kappa shape index (κ1) is 16.8. The first-order valence-electron chi connectivity index (χ1n) is 9.06. The molecule has 122 valence electrons. The molecule has 2 aliphatic rings. The predicted molar refractivity (Wildman–Crippen MR) is 86.5 cm³/mol. The van der Waals surface area contributed by atoms with E-state index in [1.54, 1.807) is 0 Å². The van der Waals surface area contributed by atoms with Gasteiger partial charge in [-0.3, -0.25) is 9.69 Å². The molecule has 0 aromatic heterocycles. The molecule has 0 saturated heterocycles. The van der Waals surface area contributed by atoms with Crippen molar-refractivity contribution < 1.29 is 9.90 Å². The van der Waals surface area contributed by atoms with Gasteiger partial charge in [-0.2, -0.15) is 0 Å². The molecule has 0 spiro atoms. The van der Waals surface area contributed by atoms with Crippen LogP contribution in [0.4, 0.5) is 0 Å². The molecule has 2 aliphatic carbocycles. The highest BCUT2D eigenvalue weighted by atomic mass is 16.4. The lowest BCUT2D eigenvalue weighted by molar-refractivity contribution is -0.150. The van der Waals surface area contributed by atoms with Crippen LogP contribution in [0.2, 0.25) is 0 Å². The maximum Gasteiger partial charge on any atom is 0.310 e. The van der Waals surface area contributed by atoms with Gasteiger partial charge < -0.3 is 5.11 Å². The zero-order valence-corrected chi connectivity index (χ0v) is 13.9. The van der Waals surface area contributed by atoms with Crippen LogP contribution < -0.4 is 0 Å². The fourth-order valence-corrected chi connectivity index (χ4v) is 4.12. The Hall–Kier alpha value is -0.570. The van der Waals surface area contributed by atoms with Crippen molar-refractivity contribution in [3.63, 3.8) is 0 Å². The van der Waals surface area contributed by atoms with Gasteiger partial charge in [0.1, 0.15) is 0 Å². The van der Waals surface area contributed by atoms with Gasteiger partial charge in [-0.05, 0) is 39.0 Å². The SMILES string of the molecule is CCC(C)(CN(C1CCCCC1)C1CCCCC1)C(=O)O. The summed E-state index contributed by atoms with van der Waals surface area (Å²) in [4.78, 5) is 14.3. The van der Waals surface area contributed by atoms with Gasteiger partial charge in [0, 0.05) is 18.6 Å². The lowest BCUT2D eigenvalue weighted by Crippen LogP contribution is -2.51. The number of carboxylic acids is 1. The second-order valence-corrected chi connectivity index (χ2v) is 7.48. The van der Waals surface area contributed by atoms with Crippen molar-refractivity contribution in [3.05, 3.63) is 0 Å². The Labute approximate surface area is 130 Å². The van der Waals surface area contributed by atoms with E-state index in [2.05, 4.69) is 4.90 Å². The third-order valence-corrected chi connectivity index (χ3v) is 5.92. The highest BCUT2D eigenvalue weighted by Gasteiger charge is 2.38. The average Bonchev–Trinajstić information content (AvgIpc) is 2.54. The van der Waals surface area contributed by atoms with Crippen LogP contribution >= 0.6 is 0 Å². The summed E-state index contributed by atoms with van der Waals surface area (Å²) in [5.74, 6) is -0.624. The van der Waals surface area contributed by atoms with Crippen LogP contribution in [0.15, 0.2) is 0 Å². The molecule has 3 heteroatoms. The smallest absolute Gasteiger partial charge is 0.310 e. The van der Waals surface area contributed by atoms with Gasteiger partial charge in [0.2, 0.25) is 0 Å². The quantitative estimate of drug-likeness (QED) is 0.786. The third kappa shape index (κ3) is 4.21. The maximum absolute atomic E-state index is 11.7. The topological polar surface area (TPSA) is 40.5 Å². The lowest BCUT2D eigenvalue weighted by atomic mass is 9.82. The summed E-state index contributed by atoms with van der Waals surface area (Å²) in [6, 6.07) is 1.26. The van der Waals surface area contributed by atoms with E-state index in [4.69, 9.17) is 0 Å². The molecule has 0 aliphatic heterocycles. The van der Waals surface area contributed by atoms with Crippen LogP contribution in [0.1, 0.15) is 84.5 Å². The summed E-state index contributed by atoms with van der Waals surface area (Å²) in [5.41, 5.74) is -0.588. The second-order valence-electron chi connectivity index (χ2n) is 7.48. The minimum atomic E-state index is -0.624. The van der Waals surface area contributed by atoms with E-state index in [9.17, 15) is 9.90 Å². The van der Waals surface area contributed by atoms with Crippen molar-refractivity contribution in [2.24, 2.45) is 5.41 Å². The monoisotopic (exact) mass is 295 g/mol. The summed E-state index contributed by atoms with van der Waals surface area (Å²) >= 11 is 0. The first-order valence-corrected chi connectivity index (χ1v) is 9.06. The Bertz CT molecular complexity index is 314. The Kier molecular flexibility index (Phi) is 6.09. The largest absolute Gasteiger partial charge is 0.481 e. The number of rotatable bonds is 6. The average molecular weight is 295 g/mol. The zero-order chi connectivity index (χ0) is 15.3.